The number of benzene rings is 1. The van der Waals surface area contributed by atoms with Crippen molar-refractivity contribution in [1.82, 2.24) is 10.6 Å². The Morgan fingerprint density at radius 1 is 1.16 bits per heavy atom. The van der Waals surface area contributed by atoms with Crippen LogP contribution in [0.25, 0.3) is 0 Å². The Kier molecular flexibility index (Phi) is 5.51. The molecule has 2 aliphatic rings. The lowest BCUT2D eigenvalue weighted by molar-refractivity contribution is -0.127. The fraction of sp³-hybridized carbons (Fsp3) is 0.550. The van der Waals surface area contributed by atoms with Crippen molar-refractivity contribution in [3.63, 3.8) is 0 Å². The number of hydrogen-bond acceptors (Lipinski definition) is 3. The molecule has 5 nitrogen and oxygen atoms in total. The van der Waals surface area contributed by atoms with Gasteiger partial charge in [-0.15, -0.1) is 0 Å². The zero-order valence-electron chi connectivity index (χ0n) is 14.7. The van der Waals surface area contributed by atoms with Crippen molar-refractivity contribution in [3.05, 3.63) is 35.9 Å². The molecular formula is C20H26N2O3. The van der Waals surface area contributed by atoms with E-state index in [2.05, 4.69) is 17.6 Å². The second kappa shape index (κ2) is 7.81. The van der Waals surface area contributed by atoms with E-state index in [4.69, 9.17) is 0 Å². The van der Waals surface area contributed by atoms with E-state index in [1.54, 1.807) is 12.1 Å². The summed E-state index contributed by atoms with van der Waals surface area (Å²) in [6.07, 6.45) is 3.81. The van der Waals surface area contributed by atoms with Gasteiger partial charge in [0, 0.05) is 36.9 Å². The van der Waals surface area contributed by atoms with Crippen LogP contribution in [0.1, 0.15) is 55.8 Å². The number of Topliss-reactive ketones (excluding diaryl/α,β-unsaturated/α-hetero) is 1. The van der Waals surface area contributed by atoms with Crippen LogP contribution in [0.2, 0.25) is 0 Å². The molecule has 4 atom stereocenters. The molecule has 134 valence electrons. The number of ketones is 1. The van der Waals surface area contributed by atoms with Crippen molar-refractivity contribution in [2.45, 2.75) is 57.5 Å². The van der Waals surface area contributed by atoms with Gasteiger partial charge >= 0.3 is 0 Å². The average molecular weight is 342 g/mol. The van der Waals surface area contributed by atoms with E-state index in [0.29, 0.717) is 23.8 Å². The van der Waals surface area contributed by atoms with Gasteiger partial charge in [0.2, 0.25) is 11.8 Å². The summed E-state index contributed by atoms with van der Waals surface area (Å²) in [5.41, 5.74) is 0.648. The molecule has 1 aliphatic carbocycles. The zero-order valence-corrected chi connectivity index (χ0v) is 14.7. The Hall–Kier alpha value is -2.17. The summed E-state index contributed by atoms with van der Waals surface area (Å²) in [5.74, 6) is 0.967. The summed E-state index contributed by atoms with van der Waals surface area (Å²) in [5, 5.41) is 6.13. The van der Waals surface area contributed by atoms with Gasteiger partial charge in [0.25, 0.3) is 0 Å². The number of fused-ring (bicyclic) bond motifs is 1. The number of carbonyl (C=O) groups excluding carboxylic acids is 3. The number of piperidine rings is 1. The quantitative estimate of drug-likeness (QED) is 0.807. The topological polar surface area (TPSA) is 75.3 Å². The predicted octanol–water partition coefficient (Wildman–Crippen LogP) is 2.46. The van der Waals surface area contributed by atoms with Crippen LogP contribution in [-0.4, -0.2) is 29.7 Å². The second-order valence-corrected chi connectivity index (χ2v) is 7.39. The second-order valence-electron chi connectivity index (χ2n) is 7.39. The molecule has 25 heavy (non-hydrogen) atoms. The van der Waals surface area contributed by atoms with Gasteiger partial charge in [-0.05, 0) is 31.1 Å². The lowest BCUT2D eigenvalue weighted by atomic mass is 9.72. The summed E-state index contributed by atoms with van der Waals surface area (Å²) in [7, 11) is 0. The van der Waals surface area contributed by atoms with E-state index in [-0.39, 0.29) is 42.5 Å². The molecule has 1 aromatic rings. The predicted molar refractivity (Wildman–Crippen MR) is 95.0 cm³/mol. The molecule has 0 aromatic heterocycles. The summed E-state index contributed by atoms with van der Waals surface area (Å²) in [4.78, 5) is 36.0. The number of carbonyl (C=O) groups is 3. The third-order valence-electron chi connectivity index (χ3n) is 5.53. The molecule has 1 heterocycles. The highest BCUT2D eigenvalue weighted by Gasteiger charge is 2.38. The van der Waals surface area contributed by atoms with E-state index < -0.39 is 0 Å². The monoisotopic (exact) mass is 342 g/mol. The fourth-order valence-corrected chi connectivity index (χ4v) is 4.18. The highest BCUT2D eigenvalue weighted by Crippen LogP contribution is 2.35. The minimum absolute atomic E-state index is 0.00664. The minimum Gasteiger partial charge on any atom is -0.353 e. The Balaban J connectivity index is 1.45. The standard InChI is InChI=1S/C20H26N2O3/c1-13-11-20(25)22-17-12-15(7-8-16(13)17)21-19(24)10-9-18(23)14-5-3-2-4-6-14/h2-6,13,15-17H,7-12H2,1H3,(H,21,24)(H,22,25). The lowest BCUT2D eigenvalue weighted by Gasteiger charge is -2.43. The van der Waals surface area contributed by atoms with Crippen molar-refractivity contribution in [2.75, 3.05) is 0 Å². The molecule has 0 spiro atoms. The van der Waals surface area contributed by atoms with Gasteiger partial charge in [0.1, 0.15) is 0 Å². The SMILES string of the molecule is CC1CC(=O)NC2CC(NC(=O)CCC(=O)c3ccccc3)CCC12. The summed E-state index contributed by atoms with van der Waals surface area (Å²) in [6, 6.07) is 9.32. The molecule has 1 aromatic carbocycles. The summed E-state index contributed by atoms with van der Waals surface area (Å²) < 4.78 is 0. The molecule has 1 saturated carbocycles. The van der Waals surface area contributed by atoms with Crippen molar-refractivity contribution in [1.29, 1.82) is 0 Å². The maximum Gasteiger partial charge on any atom is 0.220 e. The van der Waals surface area contributed by atoms with E-state index in [1.807, 2.05) is 18.2 Å². The molecule has 3 rings (SSSR count). The van der Waals surface area contributed by atoms with Gasteiger partial charge in [0.05, 0.1) is 0 Å². The Bertz CT molecular complexity index is 644. The summed E-state index contributed by atoms with van der Waals surface area (Å²) >= 11 is 0. The normalized spacial score (nSPS) is 28.6. The van der Waals surface area contributed by atoms with Crippen molar-refractivity contribution >= 4 is 17.6 Å². The average Bonchev–Trinajstić information content (AvgIpc) is 2.60. The van der Waals surface area contributed by atoms with Crippen LogP contribution >= 0.6 is 0 Å². The molecule has 2 N–H and O–H groups in total. The maximum atomic E-state index is 12.2. The first-order valence-electron chi connectivity index (χ1n) is 9.20. The number of rotatable bonds is 5. The summed E-state index contributed by atoms with van der Waals surface area (Å²) in [6.45, 7) is 2.14. The maximum absolute atomic E-state index is 12.2. The van der Waals surface area contributed by atoms with Crippen molar-refractivity contribution < 1.29 is 14.4 Å². The third-order valence-corrected chi connectivity index (χ3v) is 5.53. The highest BCUT2D eigenvalue weighted by molar-refractivity contribution is 5.97. The number of hydrogen-bond donors (Lipinski definition) is 2. The zero-order chi connectivity index (χ0) is 17.8. The Morgan fingerprint density at radius 2 is 1.92 bits per heavy atom. The van der Waals surface area contributed by atoms with E-state index in [0.717, 1.165) is 19.3 Å². The molecule has 2 amide bonds. The van der Waals surface area contributed by atoms with Crippen LogP contribution in [0.15, 0.2) is 30.3 Å². The van der Waals surface area contributed by atoms with Crippen LogP contribution in [0.3, 0.4) is 0 Å². The van der Waals surface area contributed by atoms with E-state index >= 15 is 0 Å². The third kappa shape index (κ3) is 4.47. The Labute approximate surface area is 148 Å². The van der Waals surface area contributed by atoms with E-state index in [1.165, 1.54) is 0 Å². The van der Waals surface area contributed by atoms with Gasteiger partial charge < -0.3 is 10.6 Å². The molecule has 2 fully saturated rings. The van der Waals surface area contributed by atoms with Gasteiger partial charge in [-0.3, -0.25) is 14.4 Å². The molecular weight excluding hydrogens is 316 g/mol. The number of amides is 2. The number of nitrogens with one attached hydrogen (secondary N) is 2. The first kappa shape index (κ1) is 17.6. The van der Waals surface area contributed by atoms with Crippen molar-refractivity contribution in [3.8, 4) is 0 Å². The molecule has 1 aliphatic heterocycles. The highest BCUT2D eigenvalue weighted by atomic mass is 16.2. The molecule has 4 unspecified atom stereocenters. The van der Waals surface area contributed by atoms with Crippen LogP contribution < -0.4 is 10.6 Å². The molecule has 5 heteroatoms. The van der Waals surface area contributed by atoms with Gasteiger partial charge in [-0.1, -0.05) is 37.3 Å². The molecule has 0 radical (unpaired) electrons. The lowest BCUT2D eigenvalue weighted by Crippen LogP contribution is -2.54. The van der Waals surface area contributed by atoms with Crippen LogP contribution in [0.5, 0.6) is 0 Å². The van der Waals surface area contributed by atoms with Crippen LogP contribution in [0, 0.1) is 11.8 Å². The molecule has 0 bridgehead atoms. The largest absolute Gasteiger partial charge is 0.353 e. The first-order valence-corrected chi connectivity index (χ1v) is 9.20. The van der Waals surface area contributed by atoms with Gasteiger partial charge in [0.15, 0.2) is 5.78 Å². The van der Waals surface area contributed by atoms with E-state index in [9.17, 15) is 14.4 Å². The van der Waals surface area contributed by atoms with Crippen LogP contribution in [-0.2, 0) is 9.59 Å². The minimum atomic E-state index is -0.0806. The van der Waals surface area contributed by atoms with Crippen molar-refractivity contribution in [2.24, 2.45) is 11.8 Å². The fourth-order valence-electron chi connectivity index (χ4n) is 4.18. The molecule has 1 saturated heterocycles. The van der Waals surface area contributed by atoms with Gasteiger partial charge in [-0.25, -0.2) is 0 Å². The van der Waals surface area contributed by atoms with Gasteiger partial charge in [-0.2, -0.15) is 0 Å². The first-order chi connectivity index (χ1) is 12.0. The Morgan fingerprint density at radius 3 is 2.68 bits per heavy atom. The smallest absolute Gasteiger partial charge is 0.220 e. The van der Waals surface area contributed by atoms with Crippen LogP contribution in [0.4, 0.5) is 0 Å².